The highest BCUT2D eigenvalue weighted by Gasteiger charge is 2.38. The van der Waals surface area contributed by atoms with Crippen molar-refractivity contribution in [3.63, 3.8) is 0 Å². The molecule has 3 heteroatoms. The van der Waals surface area contributed by atoms with Gasteiger partial charge >= 0.3 is 0 Å². The molecular weight excluding hydrogens is 250 g/mol. The molecule has 0 aromatic rings. The molecule has 1 heterocycles. The lowest BCUT2D eigenvalue weighted by Crippen LogP contribution is -2.58. The van der Waals surface area contributed by atoms with E-state index in [0.717, 1.165) is 39.1 Å². The van der Waals surface area contributed by atoms with E-state index in [2.05, 4.69) is 32.6 Å². The molecule has 0 aromatic heterocycles. The Morgan fingerprint density at radius 1 is 1.20 bits per heavy atom. The largest absolute Gasteiger partial charge is 0.391 e. The lowest BCUT2D eigenvalue weighted by molar-refractivity contribution is -0.0785. The van der Waals surface area contributed by atoms with Crippen LogP contribution in [-0.4, -0.2) is 48.0 Å². The number of aliphatic hydroxyl groups is 1. The summed E-state index contributed by atoms with van der Waals surface area (Å²) in [6.45, 7) is 12.4. The first kappa shape index (κ1) is 17.9. The van der Waals surface area contributed by atoms with Crippen molar-refractivity contribution in [3.8, 4) is 0 Å². The third kappa shape index (κ3) is 4.71. The summed E-state index contributed by atoms with van der Waals surface area (Å²) in [5.74, 6) is 0.664. The summed E-state index contributed by atoms with van der Waals surface area (Å²) in [4.78, 5) is 2.44. The third-order valence-electron chi connectivity index (χ3n) is 5.27. The van der Waals surface area contributed by atoms with Crippen molar-refractivity contribution in [1.29, 1.82) is 0 Å². The normalized spacial score (nSPS) is 23.2. The SMILES string of the molecule is CCCCC(CC)CC(O)C(C)(CC)N1CCOCC1. The van der Waals surface area contributed by atoms with Crippen LogP contribution in [0.2, 0.25) is 0 Å². The van der Waals surface area contributed by atoms with E-state index < -0.39 is 0 Å². The monoisotopic (exact) mass is 285 g/mol. The van der Waals surface area contributed by atoms with E-state index in [0.29, 0.717) is 5.92 Å². The van der Waals surface area contributed by atoms with Crippen LogP contribution in [0.3, 0.4) is 0 Å². The van der Waals surface area contributed by atoms with Crippen LogP contribution in [0.4, 0.5) is 0 Å². The molecular formula is C17H35NO2. The number of ether oxygens (including phenoxy) is 1. The summed E-state index contributed by atoms with van der Waals surface area (Å²) in [7, 11) is 0. The topological polar surface area (TPSA) is 32.7 Å². The molecule has 1 saturated heterocycles. The average Bonchev–Trinajstić information content (AvgIpc) is 2.51. The second-order valence-corrected chi connectivity index (χ2v) is 6.48. The van der Waals surface area contributed by atoms with E-state index in [4.69, 9.17) is 4.74 Å². The van der Waals surface area contributed by atoms with Crippen molar-refractivity contribution >= 4 is 0 Å². The summed E-state index contributed by atoms with van der Waals surface area (Å²) >= 11 is 0. The molecule has 1 N–H and O–H groups in total. The highest BCUT2D eigenvalue weighted by atomic mass is 16.5. The van der Waals surface area contributed by atoms with Gasteiger partial charge in [-0.05, 0) is 25.7 Å². The Kier molecular flexibility index (Phi) is 8.08. The summed E-state index contributed by atoms with van der Waals surface area (Å²) < 4.78 is 5.45. The van der Waals surface area contributed by atoms with Gasteiger partial charge in [0.15, 0.2) is 0 Å². The van der Waals surface area contributed by atoms with Crippen molar-refractivity contribution in [1.82, 2.24) is 4.90 Å². The van der Waals surface area contributed by atoms with E-state index >= 15 is 0 Å². The predicted octanol–water partition coefficient (Wildman–Crippen LogP) is 3.45. The van der Waals surface area contributed by atoms with Crippen LogP contribution >= 0.6 is 0 Å². The van der Waals surface area contributed by atoms with Gasteiger partial charge in [0, 0.05) is 18.6 Å². The third-order valence-corrected chi connectivity index (χ3v) is 5.27. The van der Waals surface area contributed by atoms with Crippen molar-refractivity contribution in [2.24, 2.45) is 5.92 Å². The van der Waals surface area contributed by atoms with E-state index in [1.165, 1.54) is 25.7 Å². The molecule has 0 bridgehead atoms. The zero-order valence-electron chi connectivity index (χ0n) is 14.0. The first-order valence-electron chi connectivity index (χ1n) is 8.59. The molecule has 3 nitrogen and oxygen atoms in total. The van der Waals surface area contributed by atoms with Gasteiger partial charge in [-0.3, -0.25) is 4.90 Å². The zero-order valence-corrected chi connectivity index (χ0v) is 14.0. The molecule has 20 heavy (non-hydrogen) atoms. The van der Waals surface area contributed by atoms with Crippen LogP contribution in [0.1, 0.15) is 66.2 Å². The number of hydrogen-bond acceptors (Lipinski definition) is 3. The predicted molar refractivity (Wildman–Crippen MR) is 85.0 cm³/mol. The van der Waals surface area contributed by atoms with Gasteiger partial charge in [0.05, 0.1) is 19.3 Å². The van der Waals surface area contributed by atoms with E-state index in [9.17, 15) is 5.11 Å². The Labute approximate surface area is 125 Å². The first-order valence-corrected chi connectivity index (χ1v) is 8.59. The fourth-order valence-electron chi connectivity index (χ4n) is 3.30. The molecule has 0 radical (unpaired) electrons. The van der Waals surface area contributed by atoms with Crippen molar-refractivity contribution in [3.05, 3.63) is 0 Å². The number of unbranched alkanes of at least 4 members (excludes halogenated alkanes) is 1. The summed E-state index contributed by atoms with van der Waals surface area (Å²) in [6, 6.07) is 0. The molecule has 0 aliphatic carbocycles. The van der Waals surface area contributed by atoms with Crippen LogP contribution in [-0.2, 0) is 4.74 Å². The molecule has 3 unspecified atom stereocenters. The van der Waals surface area contributed by atoms with E-state index in [1.807, 2.05) is 0 Å². The number of hydrogen-bond donors (Lipinski definition) is 1. The molecule has 120 valence electrons. The van der Waals surface area contributed by atoms with Gasteiger partial charge in [-0.25, -0.2) is 0 Å². The quantitative estimate of drug-likeness (QED) is 0.704. The molecule has 0 spiro atoms. The Balaban J connectivity index is 2.61. The second kappa shape index (κ2) is 9.01. The number of rotatable bonds is 9. The van der Waals surface area contributed by atoms with Crippen LogP contribution < -0.4 is 0 Å². The van der Waals surface area contributed by atoms with Crippen LogP contribution in [0, 0.1) is 5.92 Å². The summed E-state index contributed by atoms with van der Waals surface area (Å²) in [5.41, 5.74) is -0.0938. The highest BCUT2D eigenvalue weighted by Crippen LogP contribution is 2.30. The zero-order chi connectivity index (χ0) is 15.0. The van der Waals surface area contributed by atoms with Gasteiger partial charge in [-0.2, -0.15) is 0 Å². The van der Waals surface area contributed by atoms with Gasteiger partial charge in [0.1, 0.15) is 0 Å². The van der Waals surface area contributed by atoms with Gasteiger partial charge in [-0.15, -0.1) is 0 Å². The summed E-state index contributed by atoms with van der Waals surface area (Å²) in [6.07, 6.45) is 6.68. The standard InChI is InChI=1S/C17H35NO2/c1-5-8-9-15(6-2)14-16(19)17(4,7-3)18-10-12-20-13-11-18/h15-16,19H,5-14H2,1-4H3. The van der Waals surface area contributed by atoms with Crippen molar-refractivity contribution in [2.45, 2.75) is 77.9 Å². The average molecular weight is 285 g/mol. The molecule has 0 amide bonds. The maximum Gasteiger partial charge on any atom is 0.0723 e. The maximum absolute atomic E-state index is 10.8. The number of nitrogens with zero attached hydrogens (tertiary/aromatic N) is 1. The highest BCUT2D eigenvalue weighted by molar-refractivity contribution is 4.93. The lowest BCUT2D eigenvalue weighted by Gasteiger charge is -2.46. The fourth-order valence-corrected chi connectivity index (χ4v) is 3.30. The van der Waals surface area contributed by atoms with Crippen molar-refractivity contribution in [2.75, 3.05) is 26.3 Å². The smallest absolute Gasteiger partial charge is 0.0723 e. The molecule has 1 fully saturated rings. The van der Waals surface area contributed by atoms with E-state index in [-0.39, 0.29) is 11.6 Å². The molecule has 1 aliphatic heterocycles. The van der Waals surface area contributed by atoms with Crippen LogP contribution in [0.15, 0.2) is 0 Å². The minimum absolute atomic E-state index is 0.0938. The maximum atomic E-state index is 10.8. The van der Waals surface area contributed by atoms with Gasteiger partial charge in [0.2, 0.25) is 0 Å². The molecule has 3 atom stereocenters. The number of aliphatic hydroxyl groups excluding tert-OH is 1. The van der Waals surface area contributed by atoms with E-state index in [1.54, 1.807) is 0 Å². The van der Waals surface area contributed by atoms with Gasteiger partial charge in [0.25, 0.3) is 0 Å². The number of morpholine rings is 1. The molecule has 1 aliphatic rings. The first-order chi connectivity index (χ1) is 9.58. The Hall–Kier alpha value is -0.120. The summed E-state index contributed by atoms with van der Waals surface area (Å²) in [5, 5.41) is 10.8. The molecule has 0 aromatic carbocycles. The molecule has 0 saturated carbocycles. The van der Waals surface area contributed by atoms with Gasteiger partial charge in [-0.1, -0.05) is 46.5 Å². The fraction of sp³-hybridized carbons (Fsp3) is 1.00. The van der Waals surface area contributed by atoms with Gasteiger partial charge < -0.3 is 9.84 Å². The molecule has 1 rings (SSSR count). The second-order valence-electron chi connectivity index (χ2n) is 6.48. The minimum Gasteiger partial charge on any atom is -0.391 e. The Morgan fingerprint density at radius 3 is 2.35 bits per heavy atom. The minimum atomic E-state index is -0.229. The van der Waals surface area contributed by atoms with Crippen molar-refractivity contribution < 1.29 is 9.84 Å². The van der Waals surface area contributed by atoms with Crippen LogP contribution in [0.5, 0.6) is 0 Å². The Bertz CT molecular complexity index is 253. The van der Waals surface area contributed by atoms with Crippen LogP contribution in [0.25, 0.3) is 0 Å². The lowest BCUT2D eigenvalue weighted by atomic mass is 9.81. The Morgan fingerprint density at radius 2 is 1.85 bits per heavy atom.